The van der Waals surface area contributed by atoms with Crippen LogP contribution in [-0.4, -0.2) is 44.5 Å². The fourth-order valence-corrected chi connectivity index (χ4v) is 3.35. The normalized spacial score (nSPS) is 10.7. The van der Waals surface area contributed by atoms with E-state index in [1.54, 1.807) is 28.5 Å². The van der Waals surface area contributed by atoms with Gasteiger partial charge >= 0.3 is 0 Å². The van der Waals surface area contributed by atoms with Crippen LogP contribution < -0.4 is 19.1 Å². The van der Waals surface area contributed by atoms with Crippen LogP contribution in [0, 0.1) is 0 Å². The summed E-state index contributed by atoms with van der Waals surface area (Å²) in [7, 11) is 4.49. The van der Waals surface area contributed by atoms with E-state index in [1.165, 1.54) is 45.7 Å². The van der Waals surface area contributed by atoms with Crippen molar-refractivity contribution in [3.8, 4) is 17.2 Å². The van der Waals surface area contributed by atoms with Crippen LogP contribution in [-0.2, 0) is 4.79 Å². The zero-order valence-electron chi connectivity index (χ0n) is 15.9. The van der Waals surface area contributed by atoms with E-state index < -0.39 is 0 Å². The molecule has 0 saturated carbocycles. The third-order valence-electron chi connectivity index (χ3n) is 3.79. The van der Waals surface area contributed by atoms with Crippen LogP contribution in [0.1, 0.15) is 29.9 Å². The Morgan fingerprint density at radius 1 is 1.15 bits per heavy atom. The number of rotatable bonds is 8. The van der Waals surface area contributed by atoms with E-state index in [0.29, 0.717) is 40.2 Å². The molecule has 0 bridgehead atoms. The van der Waals surface area contributed by atoms with Crippen LogP contribution in [0.25, 0.3) is 6.08 Å². The Morgan fingerprint density at radius 3 is 2.26 bits per heavy atom. The average Bonchev–Trinajstić information content (AvgIpc) is 3.13. The van der Waals surface area contributed by atoms with E-state index in [-0.39, 0.29) is 11.7 Å². The topological polar surface area (TPSA) is 78.0 Å². The lowest BCUT2D eigenvalue weighted by molar-refractivity contribution is -0.116. The molecular weight excluding hydrogens is 368 g/mol. The lowest BCUT2D eigenvalue weighted by Gasteiger charge is -2.14. The summed E-state index contributed by atoms with van der Waals surface area (Å²) in [5.41, 5.74) is 1.01. The Bertz CT molecular complexity index is 835. The molecule has 0 aliphatic heterocycles. The summed E-state index contributed by atoms with van der Waals surface area (Å²) < 4.78 is 15.8. The van der Waals surface area contributed by atoms with Crippen molar-refractivity contribution in [3.05, 3.63) is 34.8 Å². The van der Waals surface area contributed by atoms with Gasteiger partial charge in [-0.3, -0.25) is 14.5 Å². The molecule has 2 rings (SSSR count). The number of allylic oxidation sites excluding steroid dienone is 1. The third-order valence-corrected chi connectivity index (χ3v) is 4.67. The maximum Gasteiger partial charge on any atom is 0.225 e. The molecule has 0 aliphatic rings. The predicted molar refractivity (Wildman–Crippen MR) is 105 cm³/mol. The van der Waals surface area contributed by atoms with E-state index in [2.05, 4.69) is 4.98 Å². The van der Waals surface area contributed by atoms with Crippen molar-refractivity contribution in [2.45, 2.75) is 13.8 Å². The third kappa shape index (κ3) is 4.65. The molecule has 1 heterocycles. The first-order valence-corrected chi connectivity index (χ1v) is 9.09. The number of carbonyl (C=O) groups excluding carboxylic acids is 2. The van der Waals surface area contributed by atoms with E-state index >= 15 is 0 Å². The number of ether oxygens (including phenoxy) is 3. The largest absolute Gasteiger partial charge is 0.493 e. The number of ketones is 1. The number of nitrogens with zero attached hydrogens (tertiary/aromatic N) is 2. The summed E-state index contributed by atoms with van der Waals surface area (Å²) in [6.45, 7) is 3.91. The van der Waals surface area contributed by atoms with Crippen molar-refractivity contribution < 1.29 is 23.8 Å². The van der Waals surface area contributed by atoms with E-state index in [1.807, 2.05) is 6.92 Å². The first-order chi connectivity index (χ1) is 12.9. The highest BCUT2D eigenvalue weighted by molar-refractivity contribution is 7.14. The molecule has 1 aromatic carbocycles. The van der Waals surface area contributed by atoms with Gasteiger partial charge in [-0.2, -0.15) is 0 Å². The number of hydrogen-bond acceptors (Lipinski definition) is 7. The van der Waals surface area contributed by atoms with Crippen LogP contribution in [0.3, 0.4) is 0 Å². The number of thiazole rings is 1. The average molecular weight is 390 g/mol. The summed E-state index contributed by atoms with van der Waals surface area (Å²) in [6.07, 6.45) is 3.03. The minimum absolute atomic E-state index is 0.0733. The number of carbonyl (C=O) groups is 2. The number of methoxy groups -OCH3 is 3. The minimum atomic E-state index is -0.234. The van der Waals surface area contributed by atoms with E-state index in [9.17, 15) is 9.59 Å². The molecule has 1 aromatic heterocycles. The van der Waals surface area contributed by atoms with Gasteiger partial charge in [0.05, 0.1) is 27.0 Å². The standard InChI is InChI=1S/C19H22N2O5S/c1-6-21(12(2)22)19-20-14(11-27-19)7-8-15(23)13-9-16(24-3)18(26-5)17(10-13)25-4/h7-11H,6H2,1-5H3/b8-7+. The molecule has 0 fully saturated rings. The molecule has 0 aliphatic carbocycles. The van der Waals surface area contributed by atoms with Crippen molar-refractivity contribution >= 4 is 34.2 Å². The van der Waals surface area contributed by atoms with Crippen molar-refractivity contribution in [2.24, 2.45) is 0 Å². The summed E-state index contributed by atoms with van der Waals surface area (Å²) in [6, 6.07) is 3.18. The van der Waals surface area contributed by atoms with Crippen molar-refractivity contribution in [1.29, 1.82) is 0 Å². The van der Waals surface area contributed by atoms with Gasteiger partial charge < -0.3 is 14.2 Å². The highest BCUT2D eigenvalue weighted by Crippen LogP contribution is 2.38. The van der Waals surface area contributed by atoms with E-state index in [0.717, 1.165) is 0 Å². The van der Waals surface area contributed by atoms with E-state index in [4.69, 9.17) is 14.2 Å². The second kappa shape index (κ2) is 9.18. The smallest absolute Gasteiger partial charge is 0.225 e. The van der Waals surface area contributed by atoms with Crippen LogP contribution in [0.4, 0.5) is 5.13 Å². The van der Waals surface area contributed by atoms with Crippen LogP contribution in [0.5, 0.6) is 17.2 Å². The number of hydrogen-bond donors (Lipinski definition) is 0. The van der Waals surface area contributed by atoms with Gasteiger partial charge in [0, 0.05) is 24.4 Å². The van der Waals surface area contributed by atoms with Gasteiger partial charge in [-0.25, -0.2) is 4.98 Å². The molecule has 27 heavy (non-hydrogen) atoms. The highest BCUT2D eigenvalue weighted by Gasteiger charge is 2.16. The van der Waals surface area contributed by atoms with Crippen molar-refractivity contribution in [2.75, 3.05) is 32.8 Å². The zero-order valence-corrected chi connectivity index (χ0v) is 16.8. The number of amides is 1. The molecule has 8 heteroatoms. The molecule has 0 radical (unpaired) electrons. The minimum Gasteiger partial charge on any atom is -0.493 e. The highest BCUT2D eigenvalue weighted by atomic mass is 32.1. The predicted octanol–water partition coefficient (Wildman–Crippen LogP) is 3.44. The van der Waals surface area contributed by atoms with Gasteiger partial charge in [-0.1, -0.05) is 0 Å². The SMILES string of the molecule is CCN(C(C)=O)c1nc(/C=C/C(=O)c2cc(OC)c(OC)c(OC)c2)cs1. The van der Waals surface area contributed by atoms with Crippen molar-refractivity contribution in [3.63, 3.8) is 0 Å². The first-order valence-electron chi connectivity index (χ1n) is 8.21. The number of benzene rings is 1. The zero-order chi connectivity index (χ0) is 20.0. The Labute approximate surface area is 162 Å². The lowest BCUT2D eigenvalue weighted by atomic mass is 10.1. The van der Waals surface area contributed by atoms with Crippen molar-refractivity contribution in [1.82, 2.24) is 4.98 Å². The number of aromatic nitrogens is 1. The van der Waals surface area contributed by atoms with Gasteiger partial charge in [0.15, 0.2) is 22.4 Å². The van der Waals surface area contributed by atoms with Crippen LogP contribution in [0.15, 0.2) is 23.6 Å². The van der Waals surface area contributed by atoms with Crippen LogP contribution in [0.2, 0.25) is 0 Å². The molecule has 1 amide bonds. The maximum atomic E-state index is 12.5. The molecule has 0 atom stereocenters. The molecular formula is C19H22N2O5S. The van der Waals surface area contributed by atoms with Gasteiger partial charge in [0.1, 0.15) is 0 Å². The fraction of sp³-hybridized carbons (Fsp3) is 0.316. The van der Waals surface area contributed by atoms with Gasteiger partial charge in [-0.05, 0) is 31.2 Å². The first kappa shape index (κ1) is 20.4. The molecule has 144 valence electrons. The monoisotopic (exact) mass is 390 g/mol. The summed E-state index contributed by atoms with van der Waals surface area (Å²) in [5, 5.41) is 2.39. The lowest BCUT2D eigenvalue weighted by Crippen LogP contribution is -2.27. The van der Waals surface area contributed by atoms with Gasteiger partial charge in [0.25, 0.3) is 0 Å². The summed E-state index contributed by atoms with van der Waals surface area (Å²) in [5.74, 6) is 0.932. The summed E-state index contributed by atoms with van der Waals surface area (Å²) in [4.78, 5) is 30.1. The molecule has 0 saturated heterocycles. The molecule has 0 spiro atoms. The number of anilines is 1. The molecule has 7 nitrogen and oxygen atoms in total. The van der Waals surface area contributed by atoms with Crippen LogP contribution >= 0.6 is 11.3 Å². The second-order valence-electron chi connectivity index (χ2n) is 5.43. The maximum absolute atomic E-state index is 12.5. The van der Waals surface area contributed by atoms with Gasteiger partial charge in [-0.15, -0.1) is 11.3 Å². The second-order valence-corrected chi connectivity index (χ2v) is 6.27. The van der Waals surface area contributed by atoms with Gasteiger partial charge in [0.2, 0.25) is 11.7 Å². The summed E-state index contributed by atoms with van der Waals surface area (Å²) >= 11 is 1.35. The molecule has 0 N–H and O–H groups in total. The quantitative estimate of drug-likeness (QED) is 0.508. The molecule has 0 unspecified atom stereocenters. The molecule has 2 aromatic rings. The Morgan fingerprint density at radius 2 is 1.78 bits per heavy atom. The Kier molecular flexibility index (Phi) is 6.95. The fourth-order valence-electron chi connectivity index (χ4n) is 2.45. The Balaban J connectivity index is 2.25. The Hall–Kier alpha value is -2.87.